The highest BCUT2D eigenvalue weighted by atomic mass is 16.5. The predicted molar refractivity (Wildman–Crippen MR) is 103 cm³/mol. The molecule has 1 N–H and O–H groups in total. The number of aryl methyl sites for hydroxylation is 1. The first kappa shape index (κ1) is 19.0. The maximum Gasteiger partial charge on any atom is 0.250 e. The van der Waals surface area contributed by atoms with Crippen molar-refractivity contribution in [3.63, 3.8) is 0 Å². The van der Waals surface area contributed by atoms with Gasteiger partial charge in [0.25, 0.3) is 5.56 Å². The van der Waals surface area contributed by atoms with Gasteiger partial charge >= 0.3 is 0 Å². The zero-order chi connectivity index (χ0) is 19.6. The number of ether oxygens (including phenoxy) is 2. The molecule has 0 spiro atoms. The summed E-state index contributed by atoms with van der Waals surface area (Å²) in [5.41, 5.74) is 1.30. The van der Waals surface area contributed by atoms with E-state index in [4.69, 9.17) is 9.47 Å². The zero-order valence-corrected chi connectivity index (χ0v) is 16.2. The molecule has 0 saturated carbocycles. The molecule has 2 aromatic rings. The van der Waals surface area contributed by atoms with Crippen molar-refractivity contribution in [3.05, 3.63) is 58.0 Å². The number of fused-ring (bicyclic) bond motifs is 1. The van der Waals surface area contributed by atoms with E-state index >= 15 is 0 Å². The van der Waals surface area contributed by atoms with E-state index in [9.17, 15) is 9.59 Å². The Morgan fingerprint density at radius 2 is 2.11 bits per heavy atom. The minimum absolute atomic E-state index is 0.0883. The molecular formula is C21H26N2O4. The molecule has 0 bridgehead atoms. The van der Waals surface area contributed by atoms with Gasteiger partial charge in [-0.05, 0) is 39.0 Å². The lowest BCUT2D eigenvalue weighted by Crippen LogP contribution is -2.41. The smallest absolute Gasteiger partial charge is 0.250 e. The summed E-state index contributed by atoms with van der Waals surface area (Å²) in [7, 11) is 1.61. The summed E-state index contributed by atoms with van der Waals surface area (Å²) in [6.07, 6.45) is 0.913. The molecule has 1 aliphatic rings. The molecule has 1 aromatic carbocycles. The van der Waals surface area contributed by atoms with Crippen LogP contribution in [-0.2, 0) is 11.3 Å². The summed E-state index contributed by atoms with van der Waals surface area (Å²) in [4.78, 5) is 24.5. The van der Waals surface area contributed by atoms with Gasteiger partial charge in [0, 0.05) is 42.8 Å². The summed E-state index contributed by atoms with van der Waals surface area (Å²) < 4.78 is 13.0. The Morgan fingerprint density at radius 3 is 2.81 bits per heavy atom. The monoisotopic (exact) mass is 370 g/mol. The highest BCUT2D eigenvalue weighted by Crippen LogP contribution is 2.41. The quantitative estimate of drug-likeness (QED) is 0.878. The number of pyridine rings is 1. The Labute approximate surface area is 159 Å². The number of hydrogen-bond donors (Lipinski definition) is 1. The summed E-state index contributed by atoms with van der Waals surface area (Å²) in [6, 6.07) is 10.6. The van der Waals surface area contributed by atoms with Crippen molar-refractivity contribution in [2.75, 3.05) is 7.11 Å². The molecule has 0 aliphatic carbocycles. The van der Waals surface area contributed by atoms with Crippen LogP contribution in [0.3, 0.4) is 0 Å². The van der Waals surface area contributed by atoms with Gasteiger partial charge in [0.15, 0.2) is 0 Å². The first-order valence-electron chi connectivity index (χ1n) is 9.12. The Morgan fingerprint density at radius 1 is 1.33 bits per heavy atom. The number of carbonyl (C=O) groups excluding carboxylic acids is 1. The van der Waals surface area contributed by atoms with E-state index < -0.39 is 5.60 Å². The molecular weight excluding hydrogens is 344 g/mol. The normalized spacial score (nSPS) is 17.6. The third-order valence-electron chi connectivity index (χ3n) is 4.84. The topological polar surface area (TPSA) is 69.6 Å². The summed E-state index contributed by atoms with van der Waals surface area (Å²) >= 11 is 0. The number of aromatic nitrogens is 1. The highest BCUT2D eigenvalue weighted by molar-refractivity contribution is 5.76. The van der Waals surface area contributed by atoms with Crippen molar-refractivity contribution in [2.24, 2.45) is 0 Å². The van der Waals surface area contributed by atoms with Crippen LogP contribution in [0.2, 0.25) is 0 Å². The minimum atomic E-state index is -0.399. The zero-order valence-electron chi connectivity index (χ0n) is 16.2. The second-order valence-corrected chi connectivity index (χ2v) is 7.50. The third kappa shape index (κ3) is 4.32. The van der Waals surface area contributed by atoms with Crippen molar-refractivity contribution < 1.29 is 14.3 Å². The lowest BCUT2D eigenvalue weighted by atomic mass is 9.89. The van der Waals surface area contributed by atoms with Gasteiger partial charge in [-0.15, -0.1) is 0 Å². The van der Waals surface area contributed by atoms with Crippen LogP contribution in [0.25, 0.3) is 0 Å². The molecule has 1 aromatic heterocycles. The predicted octanol–water partition coefficient (Wildman–Crippen LogP) is 2.97. The highest BCUT2D eigenvalue weighted by Gasteiger charge is 2.34. The van der Waals surface area contributed by atoms with Crippen molar-refractivity contribution in [1.29, 1.82) is 0 Å². The van der Waals surface area contributed by atoms with E-state index in [1.165, 1.54) is 6.07 Å². The second kappa shape index (κ2) is 7.47. The van der Waals surface area contributed by atoms with E-state index in [1.54, 1.807) is 17.7 Å². The maximum atomic E-state index is 12.6. The second-order valence-electron chi connectivity index (χ2n) is 7.50. The number of nitrogens with one attached hydrogen (secondary N) is 1. The molecule has 2 heterocycles. The lowest BCUT2D eigenvalue weighted by molar-refractivity contribution is -0.122. The fourth-order valence-electron chi connectivity index (χ4n) is 3.48. The molecule has 0 radical (unpaired) electrons. The van der Waals surface area contributed by atoms with Gasteiger partial charge in [0.05, 0.1) is 13.2 Å². The number of benzene rings is 1. The van der Waals surface area contributed by atoms with Gasteiger partial charge in [0.1, 0.15) is 17.1 Å². The number of rotatable bonds is 5. The molecule has 0 unspecified atom stereocenters. The van der Waals surface area contributed by atoms with Gasteiger partial charge in [-0.25, -0.2) is 0 Å². The summed E-state index contributed by atoms with van der Waals surface area (Å²) in [5.74, 6) is 1.36. The van der Waals surface area contributed by atoms with Gasteiger partial charge in [-0.2, -0.15) is 0 Å². The minimum Gasteiger partial charge on any atom is -0.497 e. The molecule has 0 saturated heterocycles. The molecule has 27 heavy (non-hydrogen) atoms. The van der Waals surface area contributed by atoms with Crippen LogP contribution in [0.5, 0.6) is 11.5 Å². The van der Waals surface area contributed by atoms with Crippen molar-refractivity contribution >= 4 is 5.91 Å². The number of hydrogen-bond acceptors (Lipinski definition) is 4. The van der Waals surface area contributed by atoms with E-state index in [0.29, 0.717) is 13.0 Å². The van der Waals surface area contributed by atoms with Crippen LogP contribution in [0, 0.1) is 6.92 Å². The van der Waals surface area contributed by atoms with Crippen molar-refractivity contribution in [2.45, 2.75) is 51.8 Å². The molecule has 144 valence electrons. The number of nitrogens with zero attached hydrogens (tertiary/aromatic N) is 1. The fourth-order valence-corrected chi connectivity index (χ4v) is 3.48. The average molecular weight is 370 g/mol. The SMILES string of the molecule is COc1ccc2c(c1)OC(C)(C)C[C@@H]2NC(=O)CCn1c(C)cccc1=O. The van der Waals surface area contributed by atoms with Crippen LogP contribution < -0.4 is 20.3 Å². The third-order valence-corrected chi connectivity index (χ3v) is 4.84. The number of carbonyl (C=O) groups is 1. The van der Waals surface area contributed by atoms with Crippen LogP contribution >= 0.6 is 0 Å². The van der Waals surface area contributed by atoms with E-state index in [2.05, 4.69) is 5.32 Å². The maximum absolute atomic E-state index is 12.6. The molecule has 1 aliphatic heterocycles. The summed E-state index contributed by atoms with van der Waals surface area (Å²) in [6.45, 7) is 6.23. The van der Waals surface area contributed by atoms with Crippen LogP contribution in [0.4, 0.5) is 0 Å². The first-order valence-corrected chi connectivity index (χ1v) is 9.12. The van der Waals surface area contributed by atoms with Crippen LogP contribution in [0.1, 0.15) is 44.0 Å². The van der Waals surface area contributed by atoms with Crippen molar-refractivity contribution in [1.82, 2.24) is 9.88 Å². The fraction of sp³-hybridized carbons (Fsp3) is 0.429. The van der Waals surface area contributed by atoms with Gasteiger partial charge in [-0.3, -0.25) is 9.59 Å². The first-order chi connectivity index (χ1) is 12.8. The standard InChI is InChI=1S/C21H26N2O4/c1-14-6-5-7-20(25)23(14)11-10-19(24)22-17-13-21(2,3)27-18-12-15(26-4)8-9-16(17)18/h5-9,12,17H,10-11,13H2,1-4H3,(H,22,24)/t17-/m0/s1. The Balaban J connectivity index is 1.73. The van der Waals surface area contributed by atoms with Crippen LogP contribution in [-0.4, -0.2) is 23.2 Å². The molecule has 1 amide bonds. The Kier molecular flexibility index (Phi) is 5.26. The molecule has 1 atom stereocenters. The molecule has 0 fully saturated rings. The molecule has 6 heteroatoms. The number of methoxy groups -OCH3 is 1. The summed E-state index contributed by atoms with van der Waals surface area (Å²) in [5, 5.41) is 3.10. The van der Waals surface area contributed by atoms with E-state index in [1.807, 2.05) is 45.0 Å². The Hall–Kier alpha value is -2.76. The molecule has 3 rings (SSSR count). The van der Waals surface area contributed by atoms with E-state index in [-0.39, 0.29) is 23.9 Å². The van der Waals surface area contributed by atoms with Crippen LogP contribution in [0.15, 0.2) is 41.2 Å². The van der Waals surface area contributed by atoms with Crippen molar-refractivity contribution in [3.8, 4) is 11.5 Å². The van der Waals surface area contributed by atoms with Gasteiger partial charge in [0.2, 0.25) is 5.91 Å². The lowest BCUT2D eigenvalue weighted by Gasteiger charge is -2.38. The van der Waals surface area contributed by atoms with E-state index in [0.717, 1.165) is 22.8 Å². The number of amides is 1. The average Bonchev–Trinajstić information content (AvgIpc) is 2.59. The largest absolute Gasteiger partial charge is 0.497 e. The van der Waals surface area contributed by atoms with Gasteiger partial charge < -0.3 is 19.4 Å². The Bertz CT molecular complexity index is 901. The van der Waals surface area contributed by atoms with Gasteiger partial charge in [-0.1, -0.05) is 6.07 Å². The molecule has 6 nitrogen and oxygen atoms in total.